The minimum atomic E-state index is -3.60. The SMILES string of the molecule is NS(=O)(=O)Cc1cccc(NN2C=C(c3ccc(F)cc3OCC3CC3)C=CS2)c1. The molecule has 4 rings (SSSR count). The fourth-order valence-corrected chi connectivity index (χ4v) is 4.34. The van der Waals surface area contributed by atoms with E-state index in [1.807, 2.05) is 23.8 Å². The molecule has 0 spiro atoms. The Kier molecular flexibility index (Phi) is 6.03. The summed E-state index contributed by atoms with van der Waals surface area (Å²) in [6, 6.07) is 11.6. The Hall–Kier alpha value is -2.49. The number of nitrogens with two attached hydrogens (primary N) is 1. The highest BCUT2D eigenvalue weighted by atomic mass is 32.2. The van der Waals surface area contributed by atoms with Gasteiger partial charge in [-0.05, 0) is 60.1 Å². The van der Waals surface area contributed by atoms with Crippen LogP contribution in [0.4, 0.5) is 10.1 Å². The summed E-state index contributed by atoms with van der Waals surface area (Å²) in [5, 5.41) is 7.04. The molecule has 158 valence electrons. The van der Waals surface area contributed by atoms with Gasteiger partial charge in [0.2, 0.25) is 10.0 Å². The first-order chi connectivity index (χ1) is 14.4. The number of hydrogen-bond donors (Lipinski definition) is 2. The van der Waals surface area contributed by atoms with E-state index in [4.69, 9.17) is 9.88 Å². The van der Waals surface area contributed by atoms with Crippen molar-refractivity contribution in [2.24, 2.45) is 11.1 Å². The van der Waals surface area contributed by atoms with Crippen molar-refractivity contribution in [3.63, 3.8) is 0 Å². The van der Waals surface area contributed by atoms with E-state index in [9.17, 15) is 12.8 Å². The van der Waals surface area contributed by atoms with Crippen molar-refractivity contribution >= 4 is 33.2 Å². The summed E-state index contributed by atoms with van der Waals surface area (Å²) >= 11 is 1.42. The predicted molar refractivity (Wildman–Crippen MR) is 118 cm³/mol. The molecule has 1 fully saturated rings. The zero-order chi connectivity index (χ0) is 21.1. The van der Waals surface area contributed by atoms with Crippen LogP contribution in [0.5, 0.6) is 5.75 Å². The van der Waals surface area contributed by atoms with E-state index in [1.165, 1.54) is 24.1 Å². The van der Waals surface area contributed by atoms with Crippen LogP contribution in [0.2, 0.25) is 0 Å². The van der Waals surface area contributed by atoms with Crippen LogP contribution >= 0.6 is 11.9 Å². The molecule has 0 unspecified atom stereocenters. The Morgan fingerprint density at radius 3 is 2.83 bits per heavy atom. The van der Waals surface area contributed by atoms with Gasteiger partial charge in [-0.25, -0.2) is 22.4 Å². The second kappa shape index (κ2) is 8.71. The van der Waals surface area contributed by atoms with Crippen molar-refractivity contribution in [1.29, 1.82) is 0 Å². The van der Waals surface area contributed by atoms with Crippen molar-refractivity contribution in [3.8, 4) is 5.75 Å². The number of sulfonamides is 1. The van der Waals surface area contributed by atoms with E-state index < -0.39 is 10.0 Å². The largest absolute Gasteiger partial charge is 0.493 e. The van der Waals surface area contributed by atoms with Crippen molar-refractivity contribution in [3.05, 3.63) is 77.1 Å². The maximum atomic E-state index is 13.8. The predicted octanol–water partition coefficient (Wildman–Crippen LogP) is 4.25. The molecule has 2 aromatic carbocycles. The van der Waals surface area contributed by atoms with Crippen LogP contribution in [0, 0.1) is 11.7 Å². The normalized spacial score (nSPS) is 16.3. The number of hydrogen-bond acceptors (Lipinski definition) is 6. The first kappa shape index (κ1) is 20.8. The zero-order valence-corrected chi connectivity index (χ0v) is 17.8. The highest BCUT2D eigenvalue weighted by Crippen LogP contribution is 2.35. The number of primary sulfonamides is 1. The topological polar surface area (TPSA) is 84.7 Å². The van der Waals surface area contributed by atoms with Gasteiger partial charge in [-0.15, -0.1) is 0 Å². The number of rotatable bonds is 8. The first-order valence-electron chi connectivity index (χ1n) is 9.49. The number of ether oxygens (including phenoxy) is 1. The number of hydrazine groups is 1. The van der Waals surface area contributed by atoms with E-state index >= 15 is 0 Å². The van der Waals surface area contributed by atoms with Gasteiger partial charge < -0.3 is 4.74 Å². The van der Waals surface area contributed by atoms with Crippen LogP contribution in [-0.2, 0) is 15.8 Å². The summed E-state index contributed by atoms with van der Waals surface area (Å²) in [7, 11) is -3.60. The van der Waals surface area contributed by atoms with E-state index in [0.717, 1.165) is 29.7 Å². The Morgan fingerprint density at radius 1 is 1.23 bits per heavy atom. The lowest BCUT2D eigenvalue weighted by atomic mass is 10.1. The molecule has 0 saturated heterocycles. The van der Waals surface area contributed by atoms with Crippen LogP contribution in [-0.4, -0.2) is 19.4 Å². The molecule has 1 heterocycles. The molecule has 0 atom stereocenters. The molecule has 0 bridgehead atoms. The number of benzene rings is 2. The third-order valence-electron chi connectivity index (χ3n) is 4.64. The van der Waals surface area contributed by atoms with Crippen LogP contribution in [0.3, 0.4) is 0 Å². The van der Waals surface area contributed by atoms with Gasteiger partial charge in [0, 0.05) is 35.4 Å². The average molecular weight is 448 g/mol. The Morgan fingerprint density at radius 2 is 2.07 bits per heavy atom. The molecule has 1 saturated carbocycles. The van der Waals surface area contributed by atoms with Crippen LogP contribution in [0.15, 0.2) is 60.1 Å². The number of halogens is 1. The zero-order valence-electron chi connectivity index (χ0n) is 16.1. The highest BCUT2D eigenvalue weighted by Gasteiger charge is 2.23. The van der Waals surface area contributed by atoms with E-state index in [1.54, 1.807) is 28.7 Å². The average Bonchev–Trinajstić information content (AvgIpc) is 3.50. The van der Waals surface area contributed by atoms with Crippen molar-refractivity contribution < 1.29 is 17.5 Å². The van der Waals surface area contributed by atoms with Gasteiger partial charge in [-0.1, -0.05) is 12.1 Å². The third-order valence-corrected chi connectivity index (χ3v) is 6.06. The minimum absolute atomic E-state index is 0.228. The molecule has 3 N–H and O–H groups in total. The highest BCUT2D eigenvalue weighted by molar-refractivity contribution is 8.00. The summed E-state index contributed by atoms with van der Waals surface area (Å²) in [5.41, 5.74) is 6.21. The van der Waals surface area contributed by atoms with Gasteiger partial charge in [-0.3, -0.25) is 5.43 Å². The molecule has 6 nitrogen and oxygen atoms in total. The van der Waals surface area contributed by atoms with Crippen molar-refractivity contribution in [2.75, 3.05) is 12.0 Å². The van der Waals surface area contributed by atoms with Crippen LogP contribution < -0.4 is 15.3 Å². The van der Waals surface area contributed by atoms with Crippen LogP contribution in [0.1, 0.15) is 24.0 Å². The number of allylic oxidation sites excluding steroid dienone is 2. The Balaban J connectivity index is 1.52. The lowest BCUT2D eigenvalue weighted by molar-refractivity contribution is 0.297. The minimum Gasteiger partial charge on any atom is -0.493 e. The maximum Gasteiger partial charge on any atom is 0.213 e. The number of nitrogens with zero attached hydrogens (tertiary/aromatic N) is 1. The number of anilines is 1. The standard InChI is InChI=1S/C21H22FN3O3S2/c22-18-6-7-20(21(11-18)28-13-15-4-5-15)17-8-9-29-25(12-17)24-19-3-1-2-16(10-19)14-30(23,26)27/h1-3,6-12,15,24H,4-5,13-14H2,(H2,23,26,27). The number of nitrogens with one attached hydrogen (secondary N) is 1. The molecular formula is C21H22FN3O3S2. The maximum absolute atomic E-state index is 13.8. The summed E-state index contributed by atoms with van der Waals surface area (Å²) in [4.78, 5) is 0. The molecule has 0 radical (unpaired) electrons. The molecule has 0 aromatic heterocycles. The van der Waals surface area contributed by atoms with Crippen LogP contribution in [0.25, 0.3) is 5.57 Å². The summed E-state index contributed by atoms with van der Waals surface area (Å²) < 4.78 is 44.1. The fraction of sp³-hybridized carbons (Fsp3) is 0.238. The van der Waals surface area contributed by atoms with E-state index in [-0.39, 0.29) is 11.6 Å². The van der Waals surface area contributed by atoms with Gasteiger partial charge in [0.25, 0.3) is 0 Å². The van der Waals surface area contributed by atoms with Crippen molar-refractivity contribution in [1.82, 2.24) is 4.41 Å². The molecule has 2 aliphatic rings. The monoisotopic (exact) mass is 447 g/mol. The molecule has 2 aromatic rings. The Bertz CT molecular complexity index is 1100. The Labute approximate surface area is 179 Å². The summed E-state index contributed by atoms with van der Waals surface area (Å²) in [5.74, 6) is 0.532. The fourth-order valence-electron chi connectivity index (χ4n) is 3.02. The van der Waals surface area contributed by atoms with Gasteiger partial charge in [-0.2, -0.15) is 0 Å². The quantitative estimate of drug-likeness (QED) is 0.589. The van der Waals surface area contributed by atoms with Crippen molar-refractivity contribution in [2.45, 2.75) is 18.6 Å². The second-order valence-corrected chi connectivity index (χ2v) is 9.82. The van der Waals surface area contributed by atoms with Gasteiger partial charge in [0.05, 0.1) is 18.0 Å². The van der Waals surface area contributed by atoms with Gasteiger partial charge >= 0.3 is 0 Å². The summed E-state index contributed by atoms with van der Waals surface area (Å²) in [6.45, 7) is 0.598. The first-order valence-corrected chi connectivity index (χ1v) is 12.0. The molecule has 30 heavy (non-hydrogen) atoms. The third kappa shape index (κ3) is 5.78. The van der Waals surface area contributed by atoms with E-state index in [0.29, 0.717) is 23.8 Å². The molecule has 1 aliphatic heterocycles. The molecule has 0 amide bonds. The summed E-state index contributed by atoms with van der Waals surface area (Å²) in [6.07, 6.45) is 6.14. The second-order valence-electron chi connectivity index (χ2n) is 7.33. The lowest BCUT2D eigenvalue weighted by Crippen LogP contribution is -2.18. The van der Waals surface area contributed by atoms with Gasteiger partial charge in [0.15, 0.2) is 0 Å². The molecular weight excluding hydrogens is 425 g/mol. The smallest absolute Gasteiger partial charge is 0.213 e. The van der Waals surface area contributed by atoms with Gasteiger partial charge in [0.1, 0.15) is 11.6 Å². The lowest BCUT2D eigenvalue weighted by Gasteiger charge is -2.24. The van der Waals surface area contributed by atoms with E-state index in [2.05, 4.69) is 5.43 Å². The molecule has 9 heteroatoms. The molecule has 1 aliphatic carbocycles.